The molecule has 1 aliphatic rings. The molecule has 0 radical (unpaired) electrons. The van der Waals surface area contributed by atoms with E-state index in [-0.39, 0.29) is 17.3 Å². The molecule has 0 saturated carbocycles. The lowest BCUT2D eigenvalue weighted by Crippen LogP contribution is -2.30. The number of carbonyl (C=O) groups is 1. The molecule has 1 aromatic carbocycles. The first-order chi connectivity index (χ1) is 14.6. The maximum Gasteiger partial charge on any atom is 0.349 e. The molecule has 7 heteroatoms. The number of hydrogen-bond donors (Lipinski definition) is 1. The van der Waals surface area contributed by atoms with Crippen LogP contribution in [0.1, 0.15) is 41.5 Å². The van der Waals surface area contributed by atoms with E-state index in [0.29, 0.717) is 11.6 Å². The second kappa shape index (κ2) is 9.62. The van der Waals surface area contributed by atoms with Crippen molar-refractivity contribution in [1.82, 2.24) is 9.55 Å². The quantitative estimate of drug-likeness (QED) is 0.434. The second-order valence-corrected chi connectivity index (χ2v) is 9.38. The molecule has 156 valence electrons. The van der Waals surface area contributed by atoms with Gasteiger partial charge in [-0.05, 0) is 61.2 Å². The Hall–Kier alpha value is -2.38. The van der Waals surface area contributed by atoms with Crippen molar-refractivity contribution in [3.8, 4) is 0 Å². The van der Waals surface area contributed by atoms with E-state index in [4.69, 9.17) is 0 Å². The van der Waals surface area contributed by atoms with Gasteiger partial charge in [-0.25, -0.2) is 4.79 Å². The lowest BCUT2D eigenvalue weighted by Gasteiger charge is -2.22. The summed E-state index contributed by atoms with van der Waals surface area (Å²) in [5.74, 6) is 0.155. The predicted molar refractivity (Wildman–Crippen MR) is 124 cm³/mol. The van der Waals surface area contributed by atoms with E-state index in [1.165, 1.54) is 17.3 Å². The first-order valence-corrected chi connectivity index (χ1v) is 12.2. The lowest BCUT2D eigenvalue weighted by molar-refractivity contribution is -0.113. The van der Waals surface area contributed by atoms with Crippen molar-refractivity contribution in [3.05, 3.63) is 74.0 Å². The van der Waals surface area contributed by atoms with Gasteiger partial charge in [0.25, 0.3) is 0 Å². The highest BCUT2D eigenvalue weighted by atomic mass is 32.2. The van der Waals surface area contributed by atoms with E-state index in [0.717, 1.165) is 53.9 Å². The fourth-order valence-electron chi connectivity index (χ4n) is 3.74. The summed E-state index contributed by atoms with van der Waals surface area (Å²) in [5, 5.41) is 5.67. The van der Waals surface area contributed by atoms with Crippen LogP contribution in [-0.4, -0.2) is 21.2 Å². The number of anilines is 1. The molecular weight excluding hydrogens is 414 g/mol. The molecule has 0 atom stereocenters. The van der Waals surface area contributed by atoms with Gasteiger partial charge in [0.1, 0.15) is 5.03 Å². The number of fused-ring (bicyclic) bond motifs is 1. The van der Waals surface area contributed by atoms with Crippen molar-refractivity contribution >= 4 is 34.7 Å². The first-order valence-electron chi connectivity index (χ1n) is 10.3. The molecule has 2 aromatic heterocycles. The Morgan fingerprint density at radius 2 is 2.00 bits per heavy atom. The maximum atomic E-state index is 12.8. The predicted octanol–water partition coefficient (Wildman–Crippen LogP) is 4.53. The number of thiophene rings is 1. The van der Waals surface area contributed by atoms with Gasteiger partial charge in [-0.2, -0.15) is 4.98 Å². The van der Waals surface area contributed by atoms with Crippen molar-refractivity contribution in [2.45, 2.75) is 50.6 Å². The van der Waals surface area contributed by atoms with Crippen LogP contribution in [0.4, 0.5) is 5.69 Å². The number of nitrogens with one attached hydrogen (secondary N) is 1. The summed E-state index contributed by atoms with van der Waals surface area (Å²) < 4.78 is 1.82. The van der Waals surface area contributed by atoms with Crippen LogP contribution in [0.2, 0.25) is 0 Å². The molecule has 2 heterocycles. The number of aryl methyl sites for hydroxylation is 1. The van der Waals surface area contributed by atoms with Crippen molar-refractivity contribution in [3.63, 3.8) is 0 Å². The molecule has 1 aliphatic carbocycles. The van der Waals surface area contributed by atoms with Crippen LogP contribution in [0.3, 0.4) is 0 Å². The molecule has 5 nitrogen and oxygen atoms in total. The minimum absolute atomic E-state index is 0.0848. The van der Waals surface area contributed by atoms with Crippen LogP contribution in [0.5, 0.6) is 0 Å². The number of rotatable bonds is 7. The highest BCUT2D eigenvalue weighted by molar-refractivity contribution is 8.00. The van der Waals surface area contributed by atoms with E-state index in [1.54, 1.807) is 11.3 Å². The summed E-state index contributed by atoms with van der Waals surface area (Å²) in [6, 6.07) is 11.9. The summed E-state index contributed by atoms with van der Waals surface area (Å²) >= 11 is 3.02. The third kappa shape index (κ3) is 4.84. The minimum atomic E-state index is -0.220. The minimum Gasteiger partial charge on any atom is -0.325 e. The molecule has 0 saturated heterocycles. The van der Waals surface area contributed by atoms with Crippen molar-refractivity contribution in [2.24, 2.45) is 0 Å². The Bertz CT molecular complexity index is 1070. The number of thioether (sulfide) groups is 1. The van der Waals surface area contributed by atoms with Crippen LogP contribution in [0.15, 0.2) is 51.6 Å². The van der Waals surface area contributed by atoms with Gasteiger partial charge in [-0.15, -0.1) is 11.3 Å². The van der Waals surface area contributed by atoms with Crippen LogP contribution >= 0.6 is 23.1 Å². The van der Waals surface area contributed by atoms with E-state index >= 15 is 0 Å². The highest BCUT2D eigenvalue weighted by Gasteiger charge is 2.21. The number of hydrogen-bond acceptors (Lipinski definition) is 5. The zero-order chi connectivity index (χ0) is 20.9. The van der Waals surface area contributed by atoms with Gasteiger partial charge in [0.05, 0.1) is 12.3 Å². The Morgan fingerprint density at radius 3 is 2.73 bits per heavy atom. The summed E-state index contributed by atoms with van der Waals surface area (Å²) in [5.41, 5.74) is 4.04. The molecule has 0 spiro atoms. The van der Waals surface area contributed by atoms with Gasteiger partial charge < -0.3 is 5.32 Å². The van der Waals surface area contributed by atoms with Crippen LogP contribution in [0.25, 0.3) is 0 Å². The number of benzene rings is 1. The Morgan fingerprint density at radius 1 is 1.20 bits per heavy atom. The average molecular weight is 440 g/mol. The van der Waals surface area contributed by atoms with Crippen LogP contribution in [-0.2, 0) is 30.6 Å². The maximum absolute atomic E-state index is 12.8. The highest BCUT2D eigenvalue weighted by Crippen LogP contribution is 2.29. The average Bonchev–Trinajstić information content (AvgIpc) is 3.28. The topological polar surface area (TPSA) is 64.0 Å². The van der Waals surface area contributed by atoms with E-state index in [9.17, 15) is 9.59 Å². The molecule has 3 aromatic rings. The lowest BCUT2D eigenvalue weighted by atomic mass is 9.97. The fourth-order valence-corrected chi connectivity index (χ4v) is 5.31. The largest absolute Gasteiger partial charge is 0.349 e. The Kier molecular flexibility index (Phi) is 6.69. The van der Waals surface area contributed by atoms with Crippen LogP contribution < -0.4 is 11.0 Å². The van der Waals surface area contributed by atoms with E-state index < -0.39 is 0 Å². The summed E-state index contributed by atoms with van der Waals surface area (Å²) in [6.07, 6.45) is 4.95. The zero-order valence-electron chi connectivity index (χ0n) is 17.0. The van der Waals surface area contributed by atoms with Gasteiger partial charge in [-0.1, -0.05) is 36.9 Å². The van der Waals surface area contributed by atoms with E-state index in [2.05, 4.69) is 17.2 Å². The first kappa shape index (κ1) is 20.9. The van der Waals surface area contributed by atoms with Crippen molar-refractivity contribution in [2.75, 3.05) is 11.1 Å². The standard InChI is InChI=1S/C23H25N3O2S2/c1-2-16-9-11-17(12-10-16)24-21(27)15-30-22-19-7-3-4-8-20(19)26(23(28)25-22)14-18-6-5-13-29-18/h5-6,9-13H,2-4,7-8,14-15H2,1H3,(H,24,27). The molecular formula is C23H25N3O2S2. The van der Waals surface area contributed by atoms with Crippen molar-refractivity contribution in [1.29, 1.82) is 0 Å². The van der Waals surface area contributed by atoms with Crippen LogP contribution in [0, 0.1) is 0 Å². The normalized spacial score (nSPS) is 13.1. The number of aromatic nitrogens is 2. The summed E-state index contributed by atoms with van der Waals surface area (Å²) in [6.45, 7) is 2.68. The smallest absolute Gasteiger partial charge is 0.325 e. The van der Waals surface area contributed by atoms with E-state index in [1.807, 2.05) is 46.3 Å². The monoisotopic (exact) mass is 439 g/mol. The zero-order valence-corrected chi connectivity index (χ0v) is 18.7. The van der Waals surface area contributed by atoms with Gasteiger partial charge in [0.15, 0.2) is 0 Å². The molecule has 30 heavy (non-hydrogen) atoms. The van der Waals surface area contributed by atoms with Gasteiger partial charge >= 0.3 is 5.69 Å². The second-order valence-electron chi connectivity index (χ2n) is 7.38. The third-order valence-corrected chi connectivity index (χ3v) is 7.21. The van der Waals surface area contributed by atoms with Gasteiger partial charge in [0.2, 0.25) is 5.91 Å². The molecule has 4 rings (SSSR count). The number of amides is 1. The fraction of sp³-hybridized carbons (Fsp3) is 0.348. The molecule has 1 amide bonds. The van der Waals surface area contributed by atoms with Gasteiger partial charge in [0, 0.05) is 21.8 Å². The number of carbonyl (C=O) groups excluding carboxylic acids is 1. The molecule has 0 unspecified atom stereocenters. The Labute approximate surface area is 184 Å². The molecule has 0 fully saturated rings. The molecule has 1 N–H and O–H groups in total. The summed E-state index contributed by atoms with van der Waals surface area (Å²) in [4.78, 5) is 30.7. The van der Waals surface area contributed by atoms with Gasteiger partial charge in [-0.3, -0.25) is 9.36 Å². The number of nitrogens with zero attached hydrogens (tertiary/aromatic N) is 2. The van der Waals surface area contributed by atoms with Crippen molar-refractivity contribution < 1.29 is 4.79 Å². The molecule has 0 bridgehead atoms. The Balaban J connectivity index is 1.49. The molecule has 0 aliphatic heterocycles. The summed E-state index contributed by atoms with van der Waals surface area (Å²) in [7, 11) is 0. The SMILES string of the molecule is CCc1ccc(NC(=O)CSc2nc(=O)n(Cc3cccs3)c3c2CCCC3)cc1. The third-order valence-electron chi connectivity index (χ3n) is 5.33.